The number of hydrogen-bond acceptors (Lipinski definition) is 7. The van der Waals surface area contributed by atoms with Gasteiger partial charge in [0.2, 0.25) is 0 Å². The van der Waals surface area contributed by atoms with E-state index in [0.29, 0.717) is 41.4 Å². The van der Waals surface area contributed by atoms with E-state index in [-0.39, 0.29) is 17.2 Å². The first kappa shape index (κ1) is 20.4. The number of benzene rings is 1. The van der Waals surface area contributed by atoms with Crippen LogP contribution in [0, 0.1) is 21.4 Å². The van der Waals surface area contributed by atoms with Gasteiger partial charge in [0.05, 0.1) is 22.9 Å². The molecule has 1 aromatic carbocycles. The molecule has 11 nitrogen and oxygen atoms in total. The number of carbonyl (C=O) groups is 1. The second kappa shape index (κ2) is 8.88. The van der Waals surface area contributed by atoms with E-state index < -0.39 is 4.92 Å². The fraction of sp³-hybridized carbons (Fsp3) is 0.0952. The van der Waals surface area contributed by atoms with Crippen LogP contribution in [0.3, 0.4) is 0 Å². The van der Waals surface area contributed by atoms with Crippen molar-refractivity contribution >= 4 is 11.6 Å². The van der Waals surface area contributed by atoms with Crippen LogP contribution in [0.2, 0.25) is 0 Å². The minimum Gasteiger partial charge on any atom is -0.349 e. The molecule has 4 aromatic rings. The Bertz CT molecular complexity index is 1320. The molecule has 2 N–H and O–H groups in total. The van der Waals surface area contributed by atoms with Crippen molar-refractivity contribution in [2.75, 3.05) is 6.54 Å². The monoisotopic (exact) mass is 428 g/mol. The molecule has 0 aliphatic rings. The first-order chi connectivity index (χ1) is 15.5. The number of aromatic nitrogens is 5. The fourth-order valence-electron chi connectivity index (χ4n) is 3.04. The Hall–Kier alpha value is -4.85. The number of nitro groups is 1. The maximum absolute atomic E-state index is 12.3. The molecule has 0 unspecified atom stereocenters. The van der Waals surface area contributed by atoms with Gasteiger partial charge in [0.15, 0.2) is 0 Å². The van der Waals surface area contributed by atoms with E-state index in [1.54, 1.807) is 53.5 Å². The molecule has 3 aromatic heterocycles. The van der Waals surface area contributed by atoms with Gasteiger partial charge in [0.1, 0.15) is 23.0 Å². The molecule has 3 heterocycles. The van der Waals surface area contributed by atoms with Crippen molar-refractivity contribution < 1.29 is 9.72 Å². The van der Waals surface area contributed by atoms with Gasteiger partial charge in [0.25, 0.3) is 11.6 Å². The van der Waals surface area contributed by atoms with Gasteiger partial charge in [-0.15, -0.1) is 0 Å². The topological polar surface area (TPSA) is 155 Å². The summed E-state index contributed by atoms with van der Waals surface area (Å²) >= 11 is 0. The predicted molar refractivity (Wildman–Crippen MR) is 113 cm³/mol. The number of aromatic amines is 1. The van der Waals surface area contributed by atoms with Gasteiger partial charge in [-0.1, -0.05) is 12.1 Å². The number of H-pyrrole nitrogens is 1. The number of nitriles is 1. The number of nitrogens with one attached hydrogen (secondary N) is 2. The predicted octanol–water partition coefficient (Wildman–Crippen LogP) is 2.55. The highest BCUT2D eigenvalue weighted by atomic mass is 16.6. The summed E-state index contributed by atoms with van der Waals surface area (Å²) in [7, 11) is 0. The molecule has 0 saturated carbocycles. The van der Waals surface area contributed by atoms with E-state index in [0.717, 1.165) is 0 Å². The summed E-state index contributed by atoms with van der Waals surface area (Å²) in [6.07, 6.45) is 3.36. The standard InChI is InChI=1S/C21H16N8O3/c22-13-15-5-4-14(11-20(15)29(31)32)16-6-9-28(27-16)10-8-24-21(30)19-12-18(25-26-19)17-3-1-2-7-23-17/h1-7,9,11-12H,8,10H2,(H,24,30)(H,25,26). The average Bonchev–Trinajstić information content (AvgIpc) is 3.49. The van der Waals surface area contributed by atoms with Crippen LogP contribution in [-0.2, 0) is 6.54 Å². The van der Waals surface area contributed by atoms with Crippen molar-refractivity contribution in [3.8, 4) is 28.7 Å². The van der Waals surface area contributed by atoms with Crippen LogP contribution in [0.5, 0.6) is 0 Å². The van der Waals surface area contributed by atoms with Crippen molar-refractivity contribution in [1.29, 1.82) is 5.26 Å². The van der Waals surface area contributed by atoms with E-state index >= 15 is 0 Å². The fourth-order valence-corrected chi connectivity index (χ4v) is 3.04. The minimum absolute atomic E-state index is 0.00842. The highest BCUT2D eigenvalue weighted by molar-refractivity contribution is 5.93. The van der Waals surface area contributed by atoms with Crippen LogP contribution in [0.15, 0.2) is 60.9 Å². The van der Waals surface area contributed by atoms with Crippen LogP contribution in [0.4, 0.5) is 5.69 Å². The summed E-state index contributed by atoms with van der Waals surface area (Å²) in [5.74, 6) is -0.310. The van der Waals surface area contributed by atoms with Gasteiger partial charge in [0, 0.05) is 30.6 Å². The van der Waals surface area contributed by atoms with Gasteiger partial charge in [-0.05, 0) is 30.3 Å². The molecular formula is C21H16N8O3. The maximum Gasteiger partial charge on any atom is 0.287 e. The lowest BCUT2D eigenvalue weighted by Crippen LogP contribution is -2.27. The lowest BCUT2D eigenvalue weighted by Gasteiger charge is -2.04. The number of amides is 1. The second-order valence-electron chi connectivity index (χ2n) is 6.70. The molecular weight excluding hydrogens is 412 g/mol. The molecule has 0 bridgehead atoms. The molecule has 1 amide bonds. The van der Waals surface area contributed by atoms with Gasteiger partial charge in [-0.3, -0.25) is 29.7 Å². The Kier molecular flexibility index (Phi) is 5.67. The number of rotatable bonds is 7. The molecule has 0 atom stereocenters. The summed E-state index contributed by atoms with van der Waals surface area (Å²) in [6.45, 7) is 0.705. The Labute approximate surface area is 181 Å². The Morgan fingerprint density at radius 1 is 1.19 bits per heavy atom. The minimum atomic E-state index is -0.594. The van der Waals surface area contributed by atoms with Crippen molar-refractivity contribution in [3.05, 3.63) is 82.3 Å². The molecule has 4 rings (SSSR count). The largest absolute Gasteiger partial charge is 0.349 e. The Balaban J connectivity index is 1.37. The van der Waals surface area contributed by atoms with E-state index in [9.17, 15) is 14.9 Å². The van der Waals surface area contributed by atoms with E-state index in [4.69, 9.17) is 5.26 Å². The summed E-state index contributed by atoms with van der Waals surface area (Å²) in [5, 5.41) is 34.1. The third-order valence-corrected chi connectivity index (χ3v) is 4.63. The zero-order chi connectivity index (χ0) is 22.5. The normalized spacial score (nSPS) is 10.5. The zero-order valence-corrected chi connectivity index (χ0v) is 16.6. The Morgan fingerprint density at radius 2 is 2.06 bits per heavy atom. The molecule has 0 saturated heterocycles. The zero-order valence-electron chi connectivity index (χ0n) is 16.6. The SMILES string of the molecule is N#Cc1ccc(-c2ccn(CCNC(=O)c3cc(-c4ccccn4)n[nH]3)n2)cc1[N+](=O)[O-]. The van der Waals surface area contributed by atoms with E-state index in [1.165, 1.54) is 12.1 Å². The smallest absolute Gasteiger partial charge is 0.287 e. The molecule has 0 radical (unpaired) electrons. The summed E-state index contributed by atoms with van der Waals surface area (Å²) in [5.41, 5.74) is 2.33. The first-order valence-electron chi connectivity index (χ1n) is 9.52. The second-order valence-corrected chi connectivity index (χ2v) is 6.70. The molecule has 0 fully saturated rings. The van der Waals surface area contributed by atoms with Gasteiger partial charge < -0.3 is 5.32 Å². The summed E-state index contributed by atoms with van der Waals surface area (Å²) < 4.78 is 1.62. The highest BCUT2D eigenvalue weighted by Crippen LogP contribution is 2.25. The summed E-state index contributed by atoms with van der Waals surface area (Å²) in [6, 6.07) is 14.9. The van der Waals surface area contributed by atoms with Crippen molar-refractivity contribution in [3.63, 3.8) is 0 Å². The van der Waals surface area contributed by atoms with Gasteiger partial charge in [-0.2, -0.15) is 15.5 Å². The number of pyridine rings is 1. The molecule has 158 valence electrons. The van der Waals surface area contributed by atoms with Crippen LogP contribution >= 0.6 is 0 Å². The molecule has 11 heteroatoms. The van der Waals surface area contributed by atoms with E-state index in [2.05, 4.69) is 25.6 Å². The quantitative estimate of drug-likeness (QED) is 0.338. The van der Waals surface area contributed by atoms with Crippen molar-refractivity contribution in [1.82, 2.24) is 30.3 Å². The van der Waals surface area contributed by atoms with Gasteiger partial charge >= 0.3 is 0 Å². The van der Waals surface area contributed by atoms with Crippen LogP contribution in [0.1, 0.15) is 16.1 Å². The van der Waals surface area contributed by atoms with E-state index in [1.807, 2.05) is 6.07 Å². The molecule has 0 aliphatic carbocycles. The van der Waals surface area contributed by atoms with Crippen molar-refractivity contribution in [2.24, 2.45) is 0 Å². The third-order valence-electron chi connectivity index (χ3n) is 4.63. The highest BCUT2D eigenvalue weighted by Gasteiger charge is 2.16. The molecule has 0 aliphatic heterocycles. The summed E-state index contributed by atoms with van der Waals surface area (Å²) in [4.78, 5) is 27.1. The van der Waals surface area contributed by atoms with Crippen LogP contribution < -0.4 is 5.32 Å². The number of carbonyl (C=O) groups excluding carboxylic acids is 1. The molecule has 32 heavy (non-hydrogen) atoms. The first-order valence-corrected chi connectivity index (χ1v) is 9.52. The lowest BCUT2D eigenvalue weighted by molar-refractivity contribution is -0.385. The van der Waals surface area contributed by atoms with Crippen LogP contribution in [0.25, 0.3) is 22.6 Å². The average molecular weight is 428 g/mol. The Morgan fingerprint density at radius 3 is 2.81 bits per heavy atom. The number of hydrogen-bond donors (Lipinski definition) is 2. The van der Waals surface area contributed by atoms with Gasteiger partial charge in [-0.25, -0.2) is 0 Å². The number of nitrogens with zero attached hydrogens (tertiary/aromatic N) is 6. The lowest BCUT2D eigenvalue weighted by atomic mass is 10.1. The third kappa shape index (κ3) is 4.34. The molecule has 0 spiro atoms. The maximum atomic E-state index is 12.3. The van der Waals surface area contributed by atoms with Crippen molar-refractivity contribution in [2.45, 2.75) is 6.54 Å². The van der Waals surface area contributed by atoms with Crippen LogP contribution in [-0.4, -0.2) is 42.3 Å². The number of nitro benzene ring substituents is 1.